The quantitative estimate of drug-likeness (QED) is 0.810. The first-order valence-electron chi connectivity index (χ1n) is 5.16. The van der Waals surface area contributed by atoms with Gasteiger partial charge in [0.25, 0.3) is 0 Å². The molecule has 1 aromatic carbocycles. The average molecular weight is 345 g/mol. The van der Waals surface area contributed by atoms with Crippen molar-refractivity contribution < 1.29 is 4.39 Å². The zero-order chi connectivity index (χ0) is 12.4. The summed E-state index contributed by atoms with van der Waals surface area (Å²) in [6.07, 6.45) is 3.76. The van der Waals surface area contributed by atoms with E-state index in [1.165, 1.54) is 6.07 Å². The Morgan fingerprint density at radius 3 is 2.88 bits per heavy atom. The fraction of sp³-hybridized carbons (Fsp3) is 0.167. The molecule has 17 heavy (non-hydrogen) atoms. The summed E-state index contributed by atoms with van der Waals surface area (Å²) in [5.74, 6) is -0.274. The molecule has 2 rings (SSSR count). The van der Waals surface area contributed by atoms with Crippen LogP contribution in [0.5, 0.6) is 0 Å². The highest BCUT2D eigenvalue weighted by Gasteiger charge is 2.10. The summed E-state index contributed by atoms with van der Waals surface area (Å²) in [4.78, 5) is 1.96. The molecule has 0 bridgehead atoms. The average Bonchev–Trinajstić information content (AvgIpc) is 2.25. The van der Waals surface area contributed by atoms with Crippen molar-refractivity contribution in [2.75, 3.05) is 18.9 Å². The smallest absolute Gasteiger partial charge is 0.147 e. The Labute approximate surface area is 113 Å². The molecule has 5 heteroatoms. The lowest BCUT2D eigenvalue weighted by Gasteiger charge is -2.22. The molecule has 0 saturated carbocycles. The molecule has 1 heterocycles. The van der Waals surface area contributed by atoms with Crippen LogP contribution in [0.1, 0.15) is 0 Å². The molecule has 3 N–H and O–H groups in total. The highest BCUT2D eigenvalue weighted by molar-refractivity contribution is 14.1. The van der Waals surface area contributed by atoms with Crippen molar-refractivity contribution in [3.8, 4) is 0 Å². The van der Waals surface area contributed by atoms with E-state index in [2.05, 4.69) is 27.9 Å². The number of rotatable bonds is 2. The molecule has 0 saturated heterocycles. The van der Waals surface area contributed by atoms with Crippen molar-refractivity contribution in [2.45, 2.75) is 0 Å². The minimum Gasteiger partial charge on any atom is -0.396 e. The first-order chi connectivity index (χ1) is 8.06. The van der Waals surface area contributed by atoms with Crippen molar-refractivity contribution in [3.63, 3.8) is 0 Å². The van der Waals surface area contributed by atoms with Crippen LogP contribution in [0.15, 0.2) is 41.9 Å². The van der Waals surface area contributed by atoms with Gasteiger partial charge in [-0.25, -0.2) is 4.39 Å². The molecule has 0 radical (unpaired) electrons. The molecule has 90 valence electrons. The Morgan fingerprint density at radius 2 is 2.24 bits per heavy atom. The van der Waals surface area contributed by atoms with Crippen LogP contribution in [-0.2, 0) is 0 Å². The van der Waals surface area contributed by atoms with E-state index < -0.39 is 0 Å². The van der Waals surface area contributed by atoms with Crippen LogP contribution in [0, 0.1) is 9.39 Å². The number of likely N-dealkylation sites (N-methyl/N-ethyl adjacent to an activating group) is 1. The van der Waals surface area contributed by atoms with Crippen molar-refractivity contribution in [1.29, 1.82) is 0 Å². The Hall–Kier alpha value is -1.24. The standard InChI is InChI=1S/C12H13FIN3/c1-17-5-4-12(10(15)7-17)16-11-3-2-8(14)6-9(11)13/h2-4,6-7,16H,5,15H2,1H3. The van der Waals surface area contributed by atoms with Crippen LogP contribution in [-0.4, -0.2) is 18.5 Å². The van der Waals surface area contributed by atoms with E-state index in [0.29, 0.717) is 11.4 Å². The largest absolute Gasteiger partial charge is 0.396 e. The topological polar surface area (TPSA) is 41.3 Å². The number of nitrogens with zero attached hydrogens (tertiary/aromatic N) is 1. The van der Waals surface area contributed by atoms with Gasteiger partial charge < -0.3 is 16.0 Å². The molecule has 1 aliphatic heterocycles. The van der Waals surface area contributed by atoms with Gasteiger partial charge in [0.1, 0.15) is 5.82 Å². The first kappa shape index (κ1) is 12.2. The third-order valence-corrected chi connectivity index (χ3v) is 3.13. The zero-order valence-corrected chi connectivity index (χ0v) is 11.5. The molecular formula is C12H13FIN3. The van der Waals surface area contributed by atoms with Crippen molar-refractivity contribution in [1.82, 2.24) is 4.90 Å². The number of nitrogens with two attached hydrogens (primary N) is 1. The second kappa shape index (κ2) is 4.95. The summed E-state index contributed by atoms with van der Waals surface area (Å²) in [6, 6.07) is 5.04. The maximum atomic E-state index is 13.6. The normalized spacial score (nSPS) is 15.4. The molecule has 1 aliphatic rings. The van der Waals surface area contributed by atoms with Crippen LogP contribution < -0.4 is 11.1 Å². The Balaban J connectivity index is 2.19. The van der Waals surface area contributed by atoms with Crippen LogP contribution >= 0.6 is 22.6 Å². The second-order valence-corrected chi connectivity index (χ2v) is 5.14. The maximum absolute atomic E-state index is 13.6. The van der Waals surface area contributed by atoms with Gasteiger partial charge in [-0.1, -0.05) is 0 Å². The van der Waals surface area contributed by atoms with Gasteiger partial charge in [-0.05, 0) is 46.9 Å². The fourth-order valence-electron chi connectivity index (χ4n) is 1.57. The number of halogens is 2. The van der Waals surface area contributed by atoms with Crippen molar-refractivity contribution >= 4 is 28.3 Å². The van der Waals surface area contributed by atoms with Crippen LogP contribution in [0.3, 0.4) is 0 Å². The summed E-state index contributed by atoms with van der Waals surface area (Å²) in [6.45, 7) is 0.759. The van der Waals surface area contributed by atoms with Gasteiger partial charge in [-0.15, -0.1) is 0 Å². The number of benzene rings is 1. The van der Waals surface area contributed by atoms with E-state index in [9.17, 15) is 4.39 Å². The predicted octanol–water partition coefficient (Wildman–Crippen LogP) is 2.47. The number of hydrogen-bond acceptors (Lipinski definition) is 3. The summed E-state index contributed by atoms with van der Waals surface area (Å²) in [5.41, 5.74) is 7.67. The molecule has 3 nitrogen and oxygen atoms in total. The van der Waals surface area contributed by atoms with Gasteiger partial charge in [-0.2, -0.15) is 0 Å². The van der Waals surface area contributed by atoms with Crippen molar-refractivity contribution in [3.05, 3.63) is 51.3 Å². The Bertz CT molecular complexity index is 497. The van der Waals surface area contributed by atoms with Crippen LogP contribution in [0.2, 0.25) is 0 Å². The zero-order valence-electron chi connectivity index (χ0n) is 9.37. The van der Waals surface area contributed by atoms with Gasteiger partial charge in [0.2, 0.25) is 0 Å². The van der Waals surface area contributed by atoms with E-state index in [-0.39, 0.29) is 5.82 Å². The Morgan fingerprint density at radius 1 is 1.47 bits per heavy atom. The van der Waals surface area contributed by atoms with E-state index in [0.717, 1.165) is 15.8 Å². The van der Waals surface area contributed by atoms with Gasteiger partial charge >= 0.3 is 0 Å². The predicted molar refractivity (Wildman–Crippen MR) is 75.7 cm³/mol. The molecule has 0 spiro atoms. The summed E-state index contributed by atoms with van der Waals surface area (Å²) in [7, 11) is 1.94. The third kappa shape index (κ3) is 2.91. The second-order valence-electron chi connectivity index (χ2n) is 3.89. The summed E-state index contributed by atoms with van der Waals surface area (Å²) < 4.78 is 14.5. The molecule has 0 aliphatic carbocycles. The molecule has 0 aromatic heterocycles. The van der Waals surface area contributed by atoms with Gasteiger partial charge in [-0.3, -0.25) is 0 Å². The van der Waals surface area contributed by atoms with Gasteiger partial charge in [0, 0.05) is 23.4 Å². The molecule has 0 atom stereocenters. The van der Waals surface area contributed by atoms with Gasteiger partial charge in [0.15, 0.2) is 0 Å². The van der Waals surface area contributed by atoms with Crippen LogP contribution in [0.25, 0.3) is 0 Å². The summed E-state index contributed by atoms with van der Waals surface area (Å²) in [5, 5.41) is 3.01. The highest BCUT2D eigenvalue weighted by atomic mass is 127. The van der Waals surface area contributed by atoms with E-state index in [4.69, 9.17) is 5.73 Å². The van der Waals surface area contributed by atoms with E-state index in [1.807, 2.05) is 30.3 Å². The van der Waals surface area contributed by atoms with Crippen molar-refractivity contribution in [2.24, 2.45) is 5.73 Å². The molecule has 0 fully saturated rings. The lowest BCUT2D eigenvalue weighted by Crippen LogP contribution is -2.23. The third-order valence-electron chi connectivity index (χ3n) is 2.45. The van der Waals surface area contributed by atoms with E-state index >= 15 is 0 Å². The minimum absolute atomic E-state index is 0.274. The number of anilines is 1. The monoisotopic (exact) mass is 345 g/mol. The van der Waals surface area contributed by atoms with Crippen LogP contribution in [0.4, 0.5) is 10.1 Å². The minimum atomic E-state index is -0.274. The van der Waals surface area contributed by atoms with E-state index in [1.54, 1.807) is 6.07 Å². The number of nitrogens with one attached hydrogen (secondary N) is 1. The summed E-state index contributed by atoms with van der Waals surface area (Å²) >= 11 is 2.07. The first-order valence-corrected chi connectivity index (χ1v) is 6.24. The molecule has 0 unspecified atom stereocenters. The van der Waals surface area contributed by atoms with Gasteiger partial charge in [0.05, 0.1) is 17.1 Å². The maximum Gasteiger partial charge on any atom is 0.147 e. The molecule has 0 amide bonds. The molecule has 1 aromatic rings. The lowest BCUT2D eigenvalue weighted by atomic mass is 10.2. The lowest BCUT2D eigenvalue weighted by molar-refractivity contribution is 0.496. The number of hydrogen-bond donors (Lipinski definition) is 2. The fourth-order valence-corrected chi connectivity index (χ4v) is 2.03. The highest BCUT2D eigenvalue weighted by Crippen LogP contribution is 2.21. The molecular weight excluding hydrogens is 332 g/mol. The Kier molecular flexibility index (Phi) is 3.56. The SMILES string of the molecule is CN1C=C(N)C(Nc2ccc(I)cc2F)=CC1.